The molecule has 0 amide bonds. The summed E-state index contributed by atoms with van der Waals surface area (Å²) in [4.78, 5) is 8.49. The molecular weight excluding hydrogens is 268 g/mol. The van der Waals surface area contributed by atoms with E-state index in [4.69, 9.17) is 0 Å². The zero-order valence-electron chi connectivity index (χ0n) is 10.7. The van der Waals surface area contributed by atoms with Gasteiger partial charge in [-0.05, 0) is 11.6 Å². The molecular formula is C15H12N4S. The van der Waals surface area contributed by atoms with Crippen molar-refractivity contribution in [1.29, 1.82) is 0 Å². The first-order valence-electron chi connectivity index (χ1n) is 6.19. The number of pyridine rings is 1. The molecule has 2 heterocycles. The van der Waals surface area contributed by atoms with E-state index in [0.717, 1.165) is 16.8 Å². The minimum Gasteiger partial charge on any atom is -0.264 e. The summed E-state index contributed by atoms with van der Waals surface area (Å²) in [5.74, 6) is 0. The lowest BCUT2D eigenvalue weighted by atomic mass is 10.2. The van der Waals surface area contributed by atoms with E-state index in [1.54, 1.807) is 12.4 Å². The maximum absolute atomic E-state index is 4.45. The Morgan fingerprint density at radius 1 is 1.05 bits per heavy atom. The van der Waals surface area contributed by atoms with Crippen molar-refractivity contribution in [1.82, 2.24) is 9.97 Å². The van der Waals surface area contributed by atoms with Crippen LogP contribution < -0.4 is 0 Å². The molecule has 3 aromatic rings. The predicted octanol–water partition coefficient (Wildman–Crippen LogP) is 4.49. The SMILES string of the molecule is c1ccc(-c2csc(N=NCc3cccnc3)n2)cc1. The zero-order chi connectivity index (χ0) is 13.6. The quantitative estimate of drug-likeness (QED) is 0.661. The third-order valence-electron chi connectivity index (χ3n) is 2.69. The third-order valence-corrected chi connectivity index (χ3v) is 3.42. The van der Waals surface area contributed by atoms with E-state index in [1.807, 2.05) is 47.8 Å². The van der Waals surface area contributed by atoms with E-state index in [-0.39, 0.29) is 0 Å². The maximum atomic E-state index is 4.45. The van der Waals surface area contributed by atoms with Crippen LogP contribution in [0, 0.1) is 0 Å². The Bertz CT molecular complexity index is 692. The van der Waals surface area contributed by atoms with Crippen LogP contribution in [0.2, 0.25) is 0 Å². The van der Waals surface area contributed by atoms with Crippen molar-refractivity contribution in [2.45, 2.75) is 6.54 Å². The number of hydrogen-bond acceptors (Lipinski definition) is 5. The largest absolute Gasteiger partial charge is 0.264 e. The van der Waals surface area contributed by atoms with Crippen LogP contribution in [0.3, 0.4) is 0 Å². The Balaban J connectivity index is 1.69. The molecule has 0 bridgehead atoms. The molecule has 0 saturated carbocycles. The molecule has 0 spiro atoms. The summed E-state index contributed by atoms with van der Waals surface area (Å²) in [7, 11) is 0. The van der Waals surface area contributed by atoms with Crippen molar-refractivity contribution >= 4 is 16.5 Å². The molecule has 0 radical (unpaired) electrons. The first-order chi connectivity index (χ1) is 9.92. The van der Waals surface area contributed by atoms with Gasteiger partial charge in [-0.2, -0.15) is 5.11 Å². The molecule has 1 aromatic carbocycles. The molecule has 0 atom stereocenters. The minimum absolute atomic E-state index is 0.522. The Morgan fingerprint density at radius 2 is 1.95 bits per heavy atom. The second-order valence-electron chi connectivity index (χ2n) is 4.14. The van der Waals surface area contributed by atoms with E-state index < -0.39 is 0 Å². The molecule has 98 valence electrons. The lowest BCUT2D eigenvalue weighted by Crippen LogP contribution is -1.80. The van der Waals surface area contributed by atoms with Crippen molar-refractivity contribution in [2.75, 3.05) is 0 Å². The second-order valence-corrected chi connectivity index (χ2v) is 4.98. The van der Waals surface area contributed by atoms with Gasteiger partial charge in [-0.1, -0.05) is 36.4 Å². The first kappa shape index (κ1) is 12.6. The summed E-state index contributed by atoms with van der Waals surface area (Å²) in [6.07, 6.45) is 3.53. The molecule has 0 N–H and O–H groups in total. The van der Waals surface area contributed by atoms with Crippen LogP contribution in [0.5, 0.6) is 0 Å². The summed E-state index contributed by atoms with van der Waals surface area (Å²) >= 11 is 1.49. The third kappa shape index (κ3) is 3.13. The van der Waals surface area contributed by atoms with Crippen molar-refractivity contribution in [3.8, 4) is 11.3 Å². The fourth-order valence-electron chi connectivity index (χ4n) is 1.72. The van der Waals surface area contributed by atoms with Crippen LogP contribution in [0.4, 0.5) is 5.13 Å². The summed E-state index contributed by atoms with van der Waals surface area (Å²) in [5.41, 5.74) is 3.07. The molecule has 0 unspecified atom stereocenters. The van der Waals surface area contributed by atoms with E-state index in [2.05, 4.69) is 20.2 Å². The van der Waals surface area contributed by atoms with Crippen LogP contribution >= 0.6 is 11.3 Å². The number of rotatable bonds is 4. The highest BCUT2D eigenvalue weighted by Crippen LogP contribution is 2.26. The van der Waals surface area contributed by atoms with Gasteiger partial charge in [0, 0.05) is 23.3 Å². The first-order valence-corrected chi connectivity index (χ1v) is 7.07. The number of hydrogen-bond donors (Lipinski definition) is 0. The van der Waals surface area contributed by atoms with Gasteiger partial charge >= 0.3 is 0 Å². The standard InChI is InChI=1S/C15H12N4S/c1-2-6-13(7-3-1)14-11-20-15(18-14)19-17-10-12-5-4-8-16-9-12/h1-9,11H,10H2. The van der Waals surface area contributed by atoms with E-state index in [9.17, 15) is 0 Å². The number of thiazole rings is 1. The molecule has 2 aromatic heterocycles. The van der Waals surface area contributed by atoms with Gasteiger partial charge in [0.25, 0.3) is 0 Å². The number of azo groups is 1. The van der Waals surface area contributed by atoms with Crippen LogP contribution in [0.15, 0.2) is 70.5 Å². The Morgan fingerprint density at radius 3 is 2.75 bits per heavy atom. The van der Waals surface area contributed by atoms with Gasteiger partial charge in [0.05, 0.1) is 12.2 Å². The van der Waals surface area contributed by atoms with E-state index in [1.165, 1.54) is 11.3 Å². The highest BCUT2D eigenvalue weighted by atomic mass is 32.1. The van der Waals surface area contributed by atoms with E-state index in [0.29, 0.717) is 11.7 Å². The van der Waals surface area contributed by atoms with Crippen LogP contribution in [-0.2, 0) is 6.54 Å². The summed E-state index contributed by atoms with van der Waals surface area (Å²) in [6.45, 7) is 0.522. The fourth-order valence-corrected chi connectivity index (χ4v) is 2.38. The van der Waals surface area contributed by atoms with Gasteiger partial charge in [-0.25, -0.2) is 4.98 Å². The highest BCUT2D eigenvalue weighted by Gasteiger charge is 2.02. The van der Waals surface area contributed by atoms with Gasteiger partial charge in [-0.3, -0.25) is 4.98 Å². The summed E-state index contributed by atoms with van der Waals surface area (Å²) in [5, 5.41) is 11.0. The lowest BCUT2D eigenvalue weighted by molar-refractivity contribution is 0.946. The van der Waals surface area contributed by atoms with Crippen LogP contribution in [0.1, 0.15) is 5.56 Å². The van der Waals surface area contributed by atoms with E-state index >= 15 is 0 Å². The van der Waals surface area contributed by atoms with Gasteiger partial charge < -0.3 is 0 Å². The van der Waals surface area contributed by atoms with Crippen molar-refractivity contribution in [3.63, 3.8) is 0 Å². The van der Waals surface area contributed by atoms with Gasteiger partial charge in [0.2, 0.25) is 5.13 Å². The van der Waals surface area contributed by atoms with Crippen molar-refractivity contribution in [2.24, 2.45) is 10.2 Å². The van der Waals surface area contributed by atoms with Crippen molar-refractivity contribution < 1.29 is 0 Å². The fraction of sp³-hybridized carbons (Fsp3) is 0.0667. The lowest BCUT2D eigenvalue weighted by Gasteiger charge is -1.93. The number of benzene rings is 1. The molecule has 0 fully saturated rings. The minimum atomic E-state index is 0.522. The molecule has 3 rings (SSSR count). The zero-order valence-corrected chi connectivity index (χ0v) is 11.5. The van der Waals surface area contributed by atoms with Gasteiger partial charge in [-0.15, -0.1) is 16.5 Å². The summed E-state index contributed by atoms with van der Waals surface area (Å²) < 4.78 is 0. The summed E-state index contributed by atoms with van der Waals surface area (Å²) in [6, 6.07) is 13.9. The normalized spacial score (nSPS) is 11.0. The monoisotopic (exact) mass is 280 g/mol. The second kappa shape index (κ2) is 6.16. The molecule has 20 heavy (non-hydrogen) atoms. The predicted molar refractivity (Wildman–Crippen MR) is 80.0 cm³/mol. The molecule has 0 aliphatic heterocycles. The molecule has 4 nitrogen and oxygen atoms in total. The van der Waals surface area contributed by atoms with Crippen LogP contribution in [0.25, 0.3) is 11.3 Å². The molecule has 0 aliphatic carbocycles. The van der Waals surface area contributed by atoms with Crippen LogP contribution in [-0.4, -0.2) is 9.97 Å². The maximum Gasteiger partial charge on any atom is 0.230 e. The molecule has 5 heteroatoms. The smallest absolute Gasteiger partial charge is 0.230 e. The Kier molecular flexibility index (Phi) is 3.89. The molecule has 0 saturated heterocycles. The number of nitrogens with zero attached hydrogens (tertiary/aromatic N) is 4. The average Bonchev–Trinajstić information content (AvgIpc) is 2.98. The van der Waals surface area contributed by atoms with Gasteiger partial charge in [0.15, 0.2) is 0 Å². The topological polar surface area (TPSA) is 50.5 Å². The Labute approximate surface area is 120 Å². The average molecular weight is 280 g/mol. The Hall–Kier alpha value is -2.40. The van der Waals surface area contributed by atoms with Gasteiger partial charge in [0.1, 0.15) is 0 Å². The number of aromatic nitrogens is 2. The molecule has 0 aliphatic rings. The highest BCUT2D eigenvalue weighted by molar-refractivity contribution is 7.13. The van der Waals surface area contributed by atoms with Crippen molar-refractivity contribution in [3.05, 3.63) is 65.8 Å².